The third kappa shape index (κ3) is 3.99. The molecule has 2 aromatic rings. The minimum atomic E-state index is -0.130. The lowest BCUT2D eigenvalue weighted by Gasteiger charge is -2.42. The molecule has 1 unspecified atom stereocenters. The van der Waals surface area contributed by atoms with E-state index in [4.69, 9.17) is 9.15 Å². The predicted octanol–water partition coefficient (Wildman–Crippen LogP) is 3.16. The second kappa shape index (κ2) is 7.40. The van der Waals surface area contributed by atoms with Crippen LogP contribution in [0.15, 0.2) is 28.7 Å². The highest BCUT2D eigenvalue weighted by Crippen LogP contribution is 2.21. The molecule has 6 heteroatoms. The summed E-state index contributed by atoms with van der Waals surface area (Å²) in [5.41, 5.74) is 0.765. The molecule has 0 N–H and O–H groups in total. The van der Waals surface area contributed by atoms with Gasteiger partial charge in [-0.05, 0) is 25.0 Å². The fourth-order valence-corrected chi connectivity index (χ4v) is 2.79. The van der Waals surface area contributed by atoms with E-state index >= 15 is 0 Å². The number of rotatable bonds is 7. The molecule has 0 saturated carbocycles. The molecular formula is C18H24FN3O2. The lowest BCUT2D eigenvalue weighted by atomic mass is 10.0. The van der Waals surface area contributed by atoms with Crippen LogP contribution >= 0.6 is 0 Å². The third-order valence-electron chi connectivity index (χ3n) is 4.39. The average molecular weight is 333 g/mol. The Bertz CT molecular complexity index is 668. The van der Waals surface area contributed by atoms with Gasteiger partial charge in [0.2, 0.25) is 11.8 Å². The zero-order valence-corrected chi connectivity index (χ0v) is 14.4. The maximum atomic E-state index is 13.7. The van der Waals surface area contributed by atoms with Gasteiger partial charge < -0.3 is 9.15 Å². The SMILES string of the molecule is CC(C)c1nnc(COC2CN(C(C)Cc3ccccc3F)C2)o1. The van der Waals surface area contributed by atoms with E-state index < -0.39 is 0 Å². The number of halogens is 1. The highest BCUT2D eigenvalue weighted by atomic mass is 19.1. The van der Waals surface area contributed by atoms with Gasteiger partial charge >= 0.3 is 0 Å². The van der Waals surface area contributed by atoms with E-state index in [1.165, 1.54) is 6.07 Å². The summed E-state index contributed by atoms with van der Waals surface area (Å²) in [5.74, 6) is 1.26. The standard InChI is InChI=1S/C18H24FN3O2/c1-12(2)18-21-20-17(24-18)11-23-15-9-22(10-15)13(3)8-14-6-4-5-7-16(14)19/h4-7,12-13,15H,8-11H2,1-3H3. The van der Waals surface area contributed by atoms with Crippen molar-refractivity contribution in [2.24, 2.45) is 0 Å². The summed E-state index contributed by atoms with van der Waals surface area (Å²) >= 11 is 0. The van der Waals surface area contributed by atoms with Gasteiger partial charge in [-0.3, -0.25) is 4.90 Å². The molecule has 24 heavy (non-hydrogen) atoms. The summed E-state index contributed by atoms with van der Waals surface area (Å²) in [4.78, 5) is 2.30. The van der Waals surface area contributed by atoms with Gasteiger partial charge in [-0.25, -0.2) is 4.39 Å². The van der Waals surface area contributed by atoms with Crippen molar-refractivity contribution in [2.45, 2.75) is 51.9 Å². The number of hydrogen-bond donors (Lipinski definition) is 0. The molecule has 3 rings (SSSR count). The molecule has 0 spiro atoms. The Morgan fingerprint density at radius 2 is 2.00 bits per heavy atom. The molecule has 1 saturated heterocycles. The molecule has 0 amide bonds. The molecule has 130 valence electrons. The van der Waals surface area contributed by atoms with Gasteiger partial charge in [0, 0.05) is 25.0 Å². The van der Waals surface area contributed by atoms with Crippen LogP contribution in [0.3, 0.4) is 0 Å². The molecule has 1 aromatic heterocycles. The Morgan fingerprint density at radius 1 is 1.25 bits per heavy atom. The number of hydrogen-bond acceptors (Lipinski definition) is 5. The monoisotopic (exact) mass is 333 g/mol. The molecular weight excluding hydrogens is 309 g/mol. The first-order chi connectivity index (χ1) is 11.5. The summed E-state index contributed by atoms with van der Waals surface area (Å²) in [5, 5.41) is 7.98. The van der Waals surface area contributed by atoms with Gasteiger partial charge in [-0.15, -0.1) is 10.2 Å². The lowest BCUT2D eigenvalue weighted by Crippen LogP contribution is -2.56. The van der Waals surface area contributed by atoms with Gasteiger partial charge in [0.05, 0.1) is 6.10 Å². The first kappa shape index (κ1) is 17.0. The van der Waals surface area contributed by atoms with Crippen LogP contribution < -0.4 is 0 Å². The summed E-state index contributed by atoms with van der Waals surface area (Å²) < 4.78 is 25.0. The normalized spacial score (nSPS) is 17.2. The zero-order chi connectivity index (χ0) is 17.1. The molecule has 1 fully saturated rings. The van der Waals surface area contributed by atoms with Crippen molar-refractivity contribution in [2.75, 3.05) is 13.1 Å². The van der Waals surface area contributed by atoms with Crippen molar-refractivity contribution in [3.8, 4) is 0 Å². The summed E-state index contributed by atoms with van der Waals surface area (Å²) in [6.45, 7) is 8.19. The molecule has 1 aromatic carbocycles. The Kier molecular flexibility index (Phi) is 5.26. The van der Waals surface area contributed by atoms with Crippen LogP contribution in [0.2, 0.25) is 0 Å². The van der Waals surface area contributed by atoms with E-state index in [1.807, 2.05) is 26.0 Å². The van der Waals surface area contributed by atoms with Crippen LogP contribution in [0.4, 0.5) is 4.39 Å². The van der Waals surface area contributed by atoms with Crippen LogP contribution in [-0.2, 0) is 17.8 Å². The topological polar surface area (TPSA) is 51.4 Å². The Morgan fingerprint density at radius 3 is 2.67 bits per heavy atom. The third-order valence-corrected chi connectivity index (χ3v) is 4.39. The van der Waals surface area contributed by atoms with Crippen LogP contribution in [0.25, 0.3) is 0 Å². The molecule has 1 aliphatic rings. The smallest absolute Gasteiger partial charge is 0.242 e. The van der Waals surface area contributed by atoms with Crippen molar-refractivity contribution in [3.63, 3.8) is 0 Å². The van der Waals surface area contributed by atoms with Crippen LogP contribution in [-0.4, -0.2) is 40.3 Å². The number of likely N-dealkylation sites (tertiary alicyclic amines) is 1. The number of nitrogens with zero attached hydrogens (tertiary/aromatic N) is 3. The van der Waals surface area contributed by atoms with Gasteiger partial charge in [0.15, 0.2) is 0 Å². The van der Waals surface area contributed by atoms with Crippen molar-refractivity contribution in [1.82, 2.24) is 15.1 Å². The van der Waals surface area contributed by atoms with Gasteiger partial charge in [-0.1, -0.05) is 32.0 Å². The second-order valence-electron chi connectivity index (χ2n) is 6.72. The lowest BCUT2D eigenvalue weighted by molar-refractivity contribution is -0.0814. The Hall–Kier alpha value is -1.79. The van der Waals surface area contributed by atoms with Crippen molar-refractivity contribution in [1.29, 1.82) is 0 Å². The largest absolute Gasteiger partial charge is 0.422 e. The van der Waals surface area contributed by atoms with Gasteiger partial charge in [-0.2, -0.15) is 0 Å². The number of ether oxygens (including phenoxy) is 1. The molecule has 0 aliphatic carbocycles. The maximum Gasteiger partial charge on any atom is 0.242 e. The fraction of sp³-hybridized carbons (Fsp3) is 0.556. The highest BCUT2D eigenvalue weighted by Gasteiger charge is 2.31. The van der Waals surface area contributed by atoms with E-state index in [-0.39, 0.29) is 23.9 Å². The van der Waals surface area contributed by atoms with Gasteiger partial charge in [0.25, 0.3) is 0 Å². The van der Waals surface area contributed by atoms with Gasteiger partial charge in [0.1, 0.15) is 12.4 Å². The molecule has 1 atom stereocenters. The Labute approximate surface area is 141 Å². The average Bonchev–Trinajstić information content (AvgIpc) is 2.97. The highest BCUT2D eigenvalue weighted by molar-refractivity contribution is 5.18. The van der Waals surface area contributed by atoms with E-state index in [0.29, 0.717) is 24.8 Å². The fourth-order valence-electron chi connectivity index (χ4n) is 2.79. The molecule has 1 aliphatic heterocycles. The second-order valence-corrected chi connectivity index (χ2v) is 6.72. The molecule has 5 nitrogen and oxygen atoms in total. The van der Waals surface area contributed by atoms with Crippen molar-refractivity contribution < 1.29 is 13.5 Å². The van der Waals surface area contributed by atoms with E-state index in [1.54, 1.807) is 6.07 Å². The first-order valence-electron chi connectivity index (χ1n) is 8.44. The quantitative estimate of drug-likeness (QED) is 0.779. The van der Waals surface area contributed by atoms with Crippen LogP contribution in [0, 0.1) is 5.82 Å². The maximum absolute atomic E-state index is 13.7. The molecule has 2 heterocycles. The van der Waals surface area contributed by atoms with Crippen LogP contribution in [0.5, 0.6) is 0 Å². The van der Waals surface area contributed by atoms with E-state index in [9.17, 15) is 4.39 Å². The first-order valence-corrected chi connectivity index (χ1v) is 8.44. The molecule has 0 bridgehead atoms. The minimum Gasteiger partial charge on any atom is -0.422 e. The van der Waals surface area contributed by atoms with E-state index in [0.717, 1.165) is 18.7 Å². The minimum absolute atomic E-state index is 0.130. The molecule has 0 radical (unpaired) electrons. The number of benzene rings is 1. The van der Waals surface area contributed by atoms with E-state index in [2.05, 4.69) is 22.0 Å². The number of aromatic nitrogens is 2. The predicted molar refractivity (Wildman–Crippen MR) is 88.1 cm³/mol. The summed E-state index contributed by atoms with van der Waals surface area (Å²) in [6.07, 6.45) is 0.878. The zero-order valence-electron chi connectivity index (χ0n) is 14.4. The van der Waals surface area contributed by atoms with Crippen molar-refractivity contribution in [3.05, 3.63) is 47.4 Å². The summed E-state index contributed by atoms with van der Waals surface area (Å²) in [6, 6.07) is 7.25. The van der Waals surface area contributed by atoms with Crippen molar-refractivity contribution >= 4 is 0 Å². The summed E-state index contributed by atoms with van der Waals surface area (Å²) in [7, 11) is 0. The van der Waals surface area contributed by atoms with Crippen LogP contribution in [0.1, 0.15) is 44.0 Å². The Balaban J connectivity index is 1.41.